The highest BCUT2D eigenvalue weighted by Crippen LogP contribution is 2.37. The van der Waals surface area contributed by atoms with Crippen LogP contribution in [0.25, 0.3) is 0 Å². The number of carbonyl (C=O) groups excluding carboxylic acids is 2. The van der Waals surface area contributed by atoms with Crippen molar-refractivity contribution in [1.82, 2.24) is 19.7 Å². The van der Waals surface area contributed by atoms with Crippen LogP contribution in [0.5, 0.6) is 0 Å². The van der Waals surface area contributed by atoms with Crippen LogP contribution < -0.4 is 10.6 Å². The van der Waals surface area contributed by atoms with Crippen LogP contribution in [0.15, 0.2) is 5.51 Å². The third-order valence-electron chi connectivity index (χ3n) is 6.65. The molecule has 1 atom stereocenters. The van der Waals surface area contributed by atoms with Crippen LogP contribution in [0.2, 0.25) is 0 Å². The number of nitrogens with zero attached hydrogens (tertiary/aromatic N) is 5. The molecule has 1 aliphatic carbocycles. The zero-order valence-electron chi connectivity index (χ0n) is 18.6. The fourth-order valence-electron chi connectivity index (χ4n) is 4.93. The van der Waals surface area contributed by atoms with E-state index in [-0.39, 0.29) is 24.3 Å². The van der Waals surface area contributed by atoms with Gasteiger partial charge >= 0.3 is 0 Å². The van der Waals surface area contributed by atoms with Crippen LogP contribution in [0.1, 0.15) is 61.4 Å². The molecule has 9 nitrogen and oxygen atoms in total. The summed E-state index contributed by atoms with van der Waals surface area (Å²) in [5.41, 5.74) is 4.11. The van der Waals surface area contributed by atoms with E-state index in [1.165, 1.54) is 24.2 Å². The van der Waals surface area contributed by atoms with Crippen molar-refractivity contribution in [2.45, 2.75) is 58.4 Å². The van der Waals surface area contributed by atoms with E-state index in [1.54, 1.807) is 5.51 Å². The molecule has 170 valence electrons. The van der Waals surface area contributed by atoms with E-state index in [0.29, 0.717) is 29.1 Å². The Kier molecular flexibility index (Phi) is 6.86. The van der Waals surface area contributed by atoms with Gasteiger partial charge in [0.1, 0.15) is 17.4 Å². The number of rotatable bonds is 6. The summed E-state index contributed by atoms with van der Waals surface area (Å²) >= 11 is 1.29. The van der Waals surface area contributed by atoms with Gasteiger partial charge in [0.2, 0.25) is 16.9 Å². The van der Waals surface area contributed by atoms with Gasteiger partial charge in [-0.05, 0) is 51.6 Å². The molecule has 2 aliphatic rings. The number of hydrogen-bond acceptors (Lipinski definition) is 7. The van der Waals surface area contributed by atoms with Gasteiger partial charge in [-0.15, -0.1) is 10.2 Å². The minimum absolute atomic E-state index is 0.0833. The summed E-state index contributed by atoms with van der Waals surface area (Å²) < 4.78 is 2.16. The first-order valence-corrected chi connectivity index (χ1v) is 12.1. The Morgan fingerprint density at radius 2 is 2.00 bits per heavy atom. The second kappa shape index (κ2) is 9.79. The van der Waals surface area contributed by atoms with E-state index in [4.69, 9.17) is 0 Å². The van der Waals surface area contributed by atoms with Gasteiger partial charge in [-0.2, -0.15) is 5.26 Å². The lowest BCUT2D eigenvalue weighted by Crippen LogP contribution is -2.44. The van der Waals surface area contributed by atoms with Crippen LogP contribution in [-0.2, 0) is 9.59 Å². The number of aromatic nitrogens is 3. The van der Waals surface area contributed by atoms with Gasteiger partial charge in [0.05, 0.1) is 18.0 Å². The molecule has 2 aromatic heterocycles. The standard InChI is InChI=1S/C22H29N7O2S/c1-14-15(2)29(17-7-3-4-8-17)20(18(14)10-23)25-19(30)12-28-9-5-6-16(11-28)21(31)26-22-27-24-13-32-22/h13,16-17H,3-9,11-12H2,1-2H3,(H,25,30)(H,26,27,31)/t16-/m0/s1. The smallest absolute Gasteiger partial charge is 0.239 e. The van der Waals surface area contributed by atoms with E-state index in [2.05, 4.69) is 31.5 Å². The second-order valence-electron chi connectivity index (χ2n) is 8.71. The average molecular weight is 456 g/mol. The molecule has 0 radical (unpaired) electrons. The molecular weight excluding hydrogens is 426 g/mol. The summed E-state index contributed by atoms with van der Waals surface area (Å²) in [4.78, 5) is 27.6. The monoisotopic (exact) mass is 455 g/mol. The number of likely N-dealkylation sites (tertiary alicyclic amines) is 1. The summed E-state index contributed by atoms with van der Waals surface area (Å²) in [5.74, 6) is 0.201. The van der Waals surface area contributed by atoms with Crippen LogP contribution >= 0.6 is 11.3 Å². The number of piperidine rings is 1. The maximum atomic E-state index is 13.0. The normalized spacial score (nSPS) is 19.6. The fraction of sp³-hybridized carbons (Fsp3) is 0.591. The minimum Gasteiger partial charge on any atom is -0.327 e. The molecule has 2 N–H and O–H groups in total. The van der Waals surface area contributed by atoms with Crippen LogP contribution in [0, 0.1) is 31.1 Å². The average Bonchev–Trinajstić information content (AvgIpc) is 3.52. The Balaban J connectivity index is 1.42. The first kappa shape index (κ1) is 22.4. The van der Waals surface area contributed by atoms with E-state index in [1.807, 2.05) is 18.7 Å². The molecule has 1 saturated heterocycles. The first-order chi connectivity index (χ1) is 15.5. The number of nitrogens with one attached hydrogen (secondary N) is 2. The maximum Gasteiger partial charge on any atom is 0.239 e. The van der Waals surface area contributed by atoms with Gasteiger partial charge in [0.25, 0.3) is 0 Å². The minimum atomic E-state index is -0.193. The zero-order chi connectivity index (χ0) is 22.7. The largest absolute Gasteiger partial charge is 0.327 e. The van der Waals surface area contributed by atoms with Gasteiger partial charge < -0.3 is 15.2 Å². The topological polar surface area (TPSA) is 116 Å². The molecule has 1 aliphatic heterocycles. The third-order valence-corrected chi connectivity index (χ3v) is 7.26. The molecule has 2 fully saturated rings. The lowest BCUT2D eigenvalue weighted by molar-refractivity contribution is -0.123. The van der Waals surface area contributed by atoms with E-state index in [9.17, 15) is 14.9 Å². The highest BCUT2D eigenvalue weighted by atomic mass is 32.1. The fourth-order valence-corrected chi connectivity index (χ4v) is 5.38. The summed E-state index contributed by atoms with van der Waals surface area (Å²) in [6.45, 7) is 5.45. The predicted octanol–water partition coefficient (Wildman–Crippen LogP) is 3.23. The number of anilines is 2. The highest BCUT2D eigenvalue weighted by molar-refractivity contribution is 7.13. The Hall–Kier alpha value is -2.77. The van der Waals surface area contributed by atoms with Gasteiger partial charge in [0, 0.05) is 18.3 Å². The van der Waals surface area contributed by atoms with Gasteiger partial charge in [-0.25, -0.2) is 0 Å². The summed E-state index contributed by atoms with van der Waals surface area (Å²) in [5, 5.41) is 23.7. The molecule has 32 heavy (non-hydrogen) atoms. The van der Waals surface area contributed by atoms with Crippen LogP contribution in [0.4, 0.5) is 10.9 Å². The van der Waals surface area contributed by atoms with Crippen molar-refractivity contribution in [3.8, 4) is 6.07 Å². The lowest BCUT2D eigenvalue weighted by atomic mass is 9.97. The van der Waals surface area contributed by atoms with Gasteiger partial charge in [0.15, 0.2) is 0 Å². The highest BCUT2D eigenvalue weighted by Gasteiger charge is 2.29. The maximum absolute atomic E-state index is 13.0. The third kappa shape index (κ3) is 4.69. The number of nitriles is 1. The molecule has 2 aromatic rings. The lowest BCUT2D eigenvalue weighted by Gasteiger charge is -2.31. The molecule has 10 heteroatoms. The quantitative estimate of drug-likeness (QED) is 0.691. The van der Waals surface area contributed by atoms with E-state index < -0.39 is 0 Å². The Morgan fingerprint density at radius 3 is 2.69 bits per heavy atom. The molecular formula is C22H29N7O2S. The van der Waals surface area contributed by atoms with Crippen LogP contribution in [0.3, 0.4) is 0 Å². The van der Waals surface area contributed by atoms with Crippen molar-refractivity contribution >= 4 is 34.1 Å². The van der Waals surface area contributed by atoms with Gasteiger partial charge in [-0.1, -0.05) is 24.2 Å². The molecule has 4 rings (SSSR count). The number of hydrogen-bond donors (Lipinski definition) is 2. The zero-order valence-corrected chi connectivity index (χ0v) is 19.4. The first-order valence-electron chi connectivity index (χ1n) is 11.2. The Morgan fingerprint density at radius 1 is 1.22 bits per heavy atom. The summed E-state index contributed by atoms with van der Waals surface area (Å²) in [6.07, 6.45) is 6.11. The molecule has 0 spiro atoms. The second-order valence-corrected chi connectivity index (χ2v) is 9.54. The molecule has 1 saturated carbocycles. The van der Waals surface area contributed by atoms with Gasteiger partial charge in [-0.3, -0.25) is 14.5 Å². The molecule has 0 unspecified atom stereocenters. The van der Waals surface area contributed by atoms with E-state index >= 15 is 0 Å². The molecule has 2 amide bonds. The van der Waals surface area contributed by atoms with Crippen molar-refractivity contribution in [2.24, 2.45) is 5.92 Å². The number of carbonyl (C=O) groups is 2. The predicted molar refractivity (Wildman–Crippen MR) is 122 cm³/mol. The Bertz CT molecular complexity index is 1020. The molecule has 0 bridgehead atoms. The van der Waals surface area contributed by atoms with Crippen molar-refractivity contribution < 1.29 is 9.59 Å². The van der Waals surface area contributed by atoms with Crippen molar-refractivity contribution in [1.29, 1.82) is 5.26 Å². The Labute approximate surface area is 191 Å². The van der Waals surface area contributed by atoms with E-state index in [0.717, 1.165) is 43.5 Å². The van der Waals surface area contributed by atoms with Crippen molar-refractivity contribution in [2.75, 3.05) is 30.3 Å². The van der Waals surface area contributed by atoms with Crippen LogP contribution in [-0.4, -0.2) is 51.1 Å². The van der Waals surface area contributed by atoms with Crippen molar-refractivity contribution in [3.63, 3.8) is 0 Å². The molecule has 0 aromatic carbocycles. The summed E-state index contributed by atoms with van der Waals surface area (Å²) in [6, 6.07) is 2.62. The summed E-state index contributed by atoms with van der Waals surface area (Å²) in [7, 11) is 0. The molecule has 3 heterocycles. The SMILES string of the molecule is Cc1c(C#N)c(NC(=O)CN2CCC[C@H](C(=O)Nc3nncs3)C2)n(C2CCCC2)c1C. The number of amides is 2. The van der Waals surface area contributed by atoms with Crippen molar-refractivity contribution in [3.05, 3.63) is 22.3 Å².